The first kappa shape index (κ1) is 93.6. The molecule has 9 rings (SSSR count). The monoisotopic (exact) mass is 1670 g/mol. The summed E-state index contributed by atoms with van der Waals surface area (Å²) in [5.74, 6) is -4.36. The van der Waals surface area contributed by atoms with E-state index in [9.17, 15) is 141 Å². The predicted molar refractivity (Wildman–Crippen MR) is 354 cm³/mol. The molecule has 9 saturated heterocycles. The first-order valence-electron chi connectivity index (χ1n) is 36.5. The number of carbonyl (C=O) groups excluding carboxylic acids is 5. The van der Waals surface area contributed by atoms with E-state index in [-0.39, 0.29) is 0 Å². The number of carbonyl (C=O) groups is 5. The second kappa shape index (κ2) is 40.9. The van der Waals surface area contributed by atoms with Gasteiger partial charge in [0.15, 0.2) is 56.6 Å². The minimum absolute atomic E-state index is 0.776. The average molecular weight is 1670 g/mol. The highest BCUT2D eigenvalue weighted by molar-refractivity contribution is 5.75. The topological polar surface area (TPSA) is 768 Å². The fourth-order valence-corrected chi connectivity index (χ4v) is 14.8. The predicted octanol–water partition coefficient (Wildman–Crippen LogP) is -18.9. The Bertz CT molecular complexity index is 3080. The van der Waals surface area contributed by atoms with Crippen LogP contribution in [0.1, 0.15) is 41.5 Å². The molecule has 0 aromatic rings. The molecule has 9 aliphatic heterocycles. The molecule has 5 amide bonds. The summed E-state index contributed by atoms with van der Waals surface area (Å²) in [5, 5.41) is 268. The summed E-state index contributed by atoms with van der Waals surface area (Å²) in [4.78, 5) is 63.4. The van der Waals surface area contributed by atoms with Crippen molar-refractivity contribution in [3.63, 3.8) is 0 Å². The lowest BCUT2D eigenvalue weighted by molar-refractivity contribution is -0.402. The van der Waals surface area contributed by atoms with Crippen molar-refractivity contribution in [1.82, 2.24) is 26.6 Å². The molecule has 9 fully saturated rings. The second-order valence-corrected chi connectivity index (χ2v) is 28.9. The maximum absolute atomic E-state index is 13.1. The largest absolute Gasteiger partial charge is 0.394 e. The Morgan fingerprint density at radius 3 is 0.947 bits per heavy atom. The van der Waals surface area contributed by atoms with E-state index >= 15 is 0 Å². The van der Waals surface area contributed by atoms with Gasteiger partial charge in [0.1, 0.15) is 213 Å². The highest BCUT2D eigenvalue weighted by Gasteiger charge is 2.61. The molecule has 0 spiro atoms. The minimum Gasteiger partial charge on any atom is -0.394 e. The van der Waals surface area contributed by atoms with Gasteiger partial charge in [0.05, 0.1) is 59.0 Å². The van der Waals surface area contributed by atoms with Crippen LogP contribution >= 0.6 is 0 Å². The highest BCUT2D eigenvalue weighted by Crippen LogP contribution is 2.40. The van der Waals surface area contributed by atoms with Crippen molar-refractivity contribution in [2.75, 3.05) is 52.9 Å². The van der Waals surface area contributed by atoms with E-state index in [1.807, 2.05) is 0 Å². The number of ether oxygens (including phenoxy) is 17. The van der Waals surface area contributed by atoms with Crippen LogP contribution < -0.4 is 26.6 Å². The fraction of sp³-hybridized carbons (Fsp3) is 0.922. The van der Waals surface area contributed by atoms with Gasteiger partial charge in [-0.25, -0.2) is 0 Å². The van der Waals surface area contributed by atoms with Crippen molar-refractivity contribution in [3.8, 4) is 0 Å². The third-order valence-electron chi connectivity index (χ3n) is 20.7. The Balaban J connectivity index is 0.934. The van der Waals surface area contributed by atoms with Crippen LogP contribution in [0, 0.1) is 0 Å². The van der Waals surface area contributed by atoms with Crippen molar-refractivity contribution in [1.29, 1.82) is 0 Å². The van der Waals surface area contributed by atoms with Crippen LogP contribution in [0.5, 0.6) is 0 Å². The van der Waals surface area contributed by atoms with E-state index in [0.29, 0.717) is 0 Å². The molecule has 0 bridgehead atoms. The lowest BCUT2D eigenvalue weighted by atomic mass is 9.93. The summed E-state index contributed by atoms with van der Waals surface area (Å²) < 4.78 is 101. The van der Waals surface area contributed by atoms with Crippen LogP contribution in [0.15, 0.2) is 0 Å². The highest BCUT2D eigenvalue weighted by atomic mass is 16.8. The first-order valence-corrected chi connectivity index (χ1v) is 36.5. The van der Waals surface area contributed by atoms with Crippen LogP contribution in [0.25, 0.3) is 0 Å². The van der Waals surface area contributed by atoms with Gasteiger partial charge in [-0.3, -0.25) is 24.0 Å². The zero-order chi connectivity index (χ0) is 84.1. The molecule has 0 radical (unpaired) electrons. The van der Waals surface area contributed by atoms with Gasteiger partial charge in [-0.2, -0.15) is 0 Å². The quantitative estimate of drug-likeness (QED) is 0.0331. The van der Waals surface area contributed by atoms with Crippen LogP contribution in [0.2, 0.25) is 0 Å². The molecule has 0 unspecified atom stereocenters. The van der Waals surface area contributed by atoms with E-state index in [1.54, 1.807) is 0 Å². The summed E-state index contributed by atoms with van der Waals surface area (Å²) in [6.45, 7) is -2.26. The van der Waals surface area contributed by atoms with Gasteiger partial charge in [-0.15, -0.1) is 0 Å². The second-order valence-electron chi connectivity index (χ2n) is 28.9. The van der Waals surface area contributed by atoms with E-state index in [1.165, 1.54) is 6.92 Å². The zero-order valence-electron chi connectivity index (χ0n) is 61.9. The number of hydrogen-bond acceptors (Lipinski definition) is 45. The molecular weight excluding hydrogens is 1560 g/mol. The van der Waals surface area contributed by atoms with E-state index in [0.717, 1.165) is 34.6 Å². The third-order valence-corrected chi connectivity index (χ3v) is 20.7. The molecular formula is C64H107N5O45. The zero-order valence-corrected chi connectivity index (χ0v) is 61.9. The Morgan fingerprint density at radius 1 is 0.246 bits per heavy atom. The van der Waals surface area contributed by atoms with Crippen molar-refractivity contribution in [3.05, 3.63) is 0 Å². The van der Waals surface area contributed by atoms with E-state index in [4.69, 9.17) is 80.5 Å². The molecule has 9 aliphatic rings. The Hall–Kier alpha value is -4.25. The summed E-state index contributed by atoms with van der Waals surface area (Å²) in [7, 11) is 0. The molecule has 0 saturated carbocycles. The smallest absolute Gasteiger partial charge is 0.217 e. The van der Waals surface area contributed by atoms with Gasteiger partial charge < -0.3 is 225 Å². The van der Waals surface area contributed by atoms with Gasteiger partial charge >= 0.3 is 0 Å². The average Bonchev–Trinajstić information content (AvgIpc) is 0.762. The minimum atomic E-state index is -2.40. The molecule has 9 heterocycles. The number of hydrogen-bond donors (Lipinski definition) is 28. The lowest BCUT2D eigenvalue weighted by Crippen LogP contribution is -2.71. The Kier molecular flexibility index (Phi) is 33.6. The number of aliphatic hydroxyl groups excluding tert-OH is 23. The van der Waals surface area contributed by atoms with Crippen molar-refractivity contribution in [2.45, 2.75) is 318 Å². The van der Waals surface area contributed by atoms with Crippen molar-refractivity contribution in [2.24, 2.45) is 0 Å². The standard InChI is InChI=1S/C64H107N5O45/c1-15-34(82)45(93)46(94)61(99-15)114-55-54(113-59-30(66-17(3)78)42(90)36(84)22(8-71)102-59)39(87)25(11-74)105-64(55)109-50-27(13-76)107-60(32(44(50)92)68-19(5)80)112-53-38(86)24(10-73)104-63(48(53)96)110-51-33(69-20(6)81)56(97)100-28(40(51)88)14-98-57-31(67-18(4)79)43(91)49(26(12-75)106-57)108-62-47(95)52(37(85)23(9-72)103-62)111-58-29(65-16(2)77)41(89)35(83)21(7-70)101-58/h15,21-64,70-76,82-97H,7-14H2,1-6H3,(H,65,77)(H,66,78)(H,67,79)(H,68,80)(H,69,81)/t15-,21+,22+,23+,24+,25+,26+,27+,28+,29+,30+,31+,32+,33+,34+,35+,36+,37-,38-,39-,40-,41+,42+,43+,44+,45+,46-,47+,48+,49+,50+,51+,52-,53-,54-,55+,56-,57+,58-,59-,60-,61-,62-,63-,64-/m0/s1. The van der Waals surface area contributed by atoms with Crippen LogP contribution in [-0.2, 0) is 104 Å². The maximum atomic E-state index is 13.1. The molecule has 50 heteroatoms. The lowest BCUT2D eigenvalue weighted by Gasteiger charge is -2.51. The number of rotatable bonds is 29. The van der Waals surface area contributed by atoms with Gasteiger partial charge in [0, 0.05) is 34.6 Å². The molecule has 658 valence electrons. The SMILES string of the molecule is CC(=O)N[C@@H]1[C@@H](O[C@@H]2O[C@H](CO)[C@H](O)[C@H](O[C@@H]3O[C@H](CO)[C@@H](O[C@@H]4O[C@H](CO)[C@H](O)[C@H](O[C@@H]5O[C@H](CO)[C@@H](O)[C@H](O)[C@H]5NC(C)=O)[C@H]4O[C@@H]4O[C@@H](C)[C@@H](O)[C@@H](O)[C@@H]4O)[C@H](O)[C@H]3NC(C)=O)[C@H]2O)[C@@H](O)[C@@H](CO[C@@H]2O[C@H](CO)[C@@H](O[C@@H]3O[C@H](CO)[C@H](O)[C@H](O[C@@H]4O[C@H](CO)[C@@H](O)[C@H](O)[C@H]4NC(C)=O)[C@H]3O)[C@H](O)[C@H]2NC(C)=O)O[C@@H]1O. The van der Waals surface area contributed by atoms with Crippen LogP contribution in [-0.4, -0.2) is 476 Å². The first-order chi connectivity index (χ1) is 53.9. The fourth-order valence-electron chi connectivity index (χ4n) is 14.8. The molecule has 28 N–H and O–H groups in total. The van der Waals surface area contributed by atoms with Gasteiger partial charge in [0.25, 0.3) is 0 Å². The van der Waals surface area contributed by atoms with Gasteiger partial charge in [-0.1, -0.05) is 0 Å². The van der Waals surface area contributed by atoms with E-state index in [2.05, 4.69) is 26.6 Å². The molecule has 0 aromatic carbocycles. The summed E-state index contributed by atoms with van der Waals surface area (Å²) in [5.41, 5.74) is 0. The van der Waals surface area contributed by atoms with Crippen molar-refractivity contribution < 1.29 is 222 Å². The normalized spacial score (nSPS) is 48.2. The summed E-state index contributed by atoms with van der Waals surface area (Å²) in [6, 6.07) is -8.99. The Labute approximate surface area is 646 Å². The maximum Gasteiger partial charge on any atom is 0.217 e. The van der Waals surface area contributed by atoms with Gasteiger partial charge in [-0.05, 0) is 6.92 Å². The van der Waals surface area contributed by atoms with Crippen molar-refractivity contribution >= 4 is 29.5 Å². The van der Waals surface area contributed by atoms with Gasteiger partial charge in [0.2, 0.25) is 29.5 Å². The molecule has 114 heavy (non-hydrogen) atoms. The van der Waals surface area contributed by atoms with Crippen LogP contribution in [0.4, 0.5) is 0 Å². The van der Waals surface area contributed by atoms with Crippen LogP contribution in [0.3, 0.4) is 0 Å². The third kappa shape index (κ3) is 20.8. The summed E-state index contributed by atoms with van der Waals surface area (Å²) in [6.07, 6.45) is -79.6. The number of aliphatic hydroxyl groups is 23. The number of amides is 5. The molecule has 0 aliphatic carbocycles. The number of nitrogens with one attached hydrogen (secondary N) is 5. The molecule has 45 atom stereocenters. The molecule has 0 aromatic heterocycles. The Morgan fingerprint density at radius 2 is 0.535 bits per heavy atom. The molecule has 50 nitrogen and oxygen atoms in total. The van der Waals surface area contributed by atoms with E-state index < -0.39 is 358 Å². The summed E-state index contributed by atoms with van der Waals surface area (Å²) >= 11 is 0.